The van der Waals surface area contributed by atoms with E-state index in [-0.39, 0.29) is 0 Å². The molecule has 1 nitrogen and oxygen atoms in total. The van der Waals surface area contributed by atoms with E-state index in [1.165, 1.54) is 38.5 Å². The largest absolute Gasteiger partial charge is 0.381 e. The molecule has 80 valence electrons. The first-order valence-corrected chi connectivity index (χ1v) is 6.09. The van der Waals surface area contributed by atoms with E-state index in [1.807, 2.05) is 0 Å². The topological polar surface area (TPSA) is 9.23 Å². The van der Waals surface area contributed by atoms with Crippen molar-refractivity contribution in [2.45, 2.75) is 51.9 Å². The van der Waals surface area contributed by atoms with E-state index in [1.54, 1.807) is 0 Å². The molecule has 0 saturated carbocycles. The van der Waals surface area contributed by atoms with Crippen molar-refractivity contribution in [1.29, 1.82) is 0 Å². The Hall–Kier alpha value is 0.250. The molecule has 0 aliphatic rings. The monoisotopic (exact) mass is 206 g/mol. The van der Waals surface area contributed by atoms with Crippen LogP contribution in [0.1, 0.15) is 51.9 Å². The van der Waals surface area contributed by atoms with Crippen LogP contribution in [-0.2, 0) is 4.74 Å². The van der Waals surface area contributed by atoms with E-state index in [9.17, 15) is 0 Å². The van der Waals surface area contributed by atoms with Gasteiger partial charge in [0.05, 0.1) is 0 Å². The summed E-state index contributed by atoms with van der Waals surface area (Å²) in [4.78, 5) is 0. The molecule has 0 radical (unpaired) electrons. The molecular weight excluding hydrogens is 184 g/mol. The fourth-order valence-electron chi connectivity index (χ4n) is 1.21. The summed E-state index contributed by atoms with van der Waals surface area (Å²) in [7, 11) is 0. The Morgan fingerprint density at radius 2 is 1.46 bits per heavy atom. The van der Waals surface area contributed by atoms with Crippen LogP contribution >= 0.6 is 11.6 Å². The van der Waals surface area contributed by atoms with Crippen molar-refractivity contribution >= 4 is 11.6 Å². The third-order valence-electron chi connectivity index (χ3n) is 2.06. The van der Waals surface area contributed by atoms with Crippen LogP contribution < -0.4 is 0 Å². The van der Waals surface area contributed by atoms with Gasteiger partial charge in [0.25, 0.3) is 0 Å². The molecule has 0 heterocycles. The third-order valence-corrected chi connectivity index (χ3v) is 2.33. The SMILES string of the molecule is CCCCCOCCCCCCCl. The fraction of sp³-hybridized carbons (Fsp3) is 1.00. The number of unbranched alkanes of at least 4 members (excludes halogenated alkanes) is 5. The van der Waals surface area contributed by atoms with Gasteiger partial charge in [0.2, 0.25) is 0 Å². The maximum absolute atomic E-state index is 5.57. The fourth-order valence-corrected chi connectivity index (χ4v) is 1.40. The zero-order valence-electron chi connectivity index (χ0n) is 8.86. The molecule has 0 amide bonds. The number of hydrogen-bond acceptors (Lipinski definition) is 1. The van der Waals surface area contributed by atoms with Gasteiger partial charge in [-0.15, -0.1) is 11.6 Å². The van der Waals surface area contributed by atoms with Gasteiger partial charge in [-0.05, 0) is 19.3 Å². The van der Waals surface area contributed by atoms with Crippen molar-refractivity contribution in [3.8, 4) is 0 Å². The molecule has 0 aromatic carbocycles. The van der Waals surface area contributed by atoms with E-state index in [0.717, 1.165) is 25.5 Å². The summed E-state index contributed by atoms with van der Waals surface area (Å²) >= 11 is 5.57. The molecule has 13 heavy (non-hydrogen) atoms. The lowest BCUT2D eigenvalue weighted by Gasteiger charge is -2.02. The van der Waals surface area contributed by atoms with Crippen LogP contribution in [0.15, 0.2) is 0 Å². The predicted molar refractivity (Wildman–Crippen MR) is 59.5 cm³/mol. The lowest BCUT2D eigenvalue weighted by molar-refractivity contribution is 0.126. The second-order valence-corrected chi connectivity index (χ2v) is 3.80. The minimum absolute atomic E-state index is 0.803. The summed E-state index contributed by atoms with van der Waals surface area (Å²) in [6, 6.07) is 0. The van der Waals surface area contributed by atoms with E-state index >= 15 is 0 Å². The van der Waals surface area contributed by atoms with Gasteiger partial charge in [-0.25, -0.2) is 0 Å². The second kappa shape index (κ2) is 12.2. The van der Waals surface area contributed by atoms with Crippen LogP contribution in [0.3, 0.4) is 0 Å². The third kappa shape index (κ3) is 12.2. The maximum atomic E-state index is 5.57. The van der Waals surface area contributed by atoms with Gasteiger partial charge in [0, 0.05) is 19.1 Å². The van der Waals surface area contributed by atoms with E-state index in [4.69, 9.17) is 16.3 Å². The number of ether oxygens (including phenoxy) is 1. The van der Waals surface area contributed by atoms with Crippen molar-refractivity contribution in [1.82, 2.24) is 0 Å². The first kappa shape index (κ1) is 13.2. The Balaban J connectivity index is 2.76. The summed E-state index contributed by atoms with van der Waals surface area (Å²) in [5.41, 5.74) is 0. The summed E-state index contributed by atoms with van der Waals surface area (Å²) in [5.74, 6) is 0.803. The van der Waals surface area contributed by atoms with Gasteiger partial charge in [-0.3, -0.25) is 0 Å². The zero-order valence-corrected chi connectivity index (χ0v) is 9.61. The Morgan fingerprint density at radius 1 is 0.846 bits per heavy atom. The van der Waals surface area contributed by atoms with Gasteiger partial charge in [-0.1, -0.05) is 32.6 Å². The maximum Gasteiger partial charge on any atom is 0.0466 e. The van der Waals surface area contributed by atoms with E-state index < -0.39 is 0 Å². The molecule has 0 rings (SSSR count). The van der Waals surface area contributed by atoms with Crippen molar-refractivity contribution in [2.75, 3.05) is 19.1 Å². The van der Waals surface area contributed by atoms with Gasteiger partial charge < -0.3 is 4.74 Å². The lowest BCUT2D eigenvalue weighted by Crippen LogP contribution is -1.96. The van der Waals surface area contributed by atoms with Crippen LogP contribution in [-0.4, -0.2) is 19.1 Å². The minimum atomic E-state index is 0.803. The number of rotatable bonds is 10. The highest BCUT2D eigenvalue weighted by Gasteiger charge is 1.90. The molecule has 0 bridgehead atoms. The average molecular weight is 207 g/mol. The van der Waals surface area contributed by atoms with Crippen molar-refractivity contribution in [2.24, 2.45) is 0 Å². The number of alkyl halides is 1. The van der Waals surface area contributed by atoms with Crippen LogP contribution in [0.2, 0.25) is 0 Å². The summed E-state index contributed by atoms with van der Waals surface area (Å²) in [5, 5.41) is 0. The molecule has 0 unspecified atom stereocenters. The average Bonchev–Trinajstić information content (AvgIpc) is 2.16. The van der Waals surface area contributed by atoms with Crippen molar-refractivity contribution < 1.29 is 4.74 Å². The second-order valence-electron chi connectivity index (χ2n) is 3.42. The summed E-state index contributed by atoms with van der Waals surface area (Å²) < 4.78 is 5.48. The molecular formula is C11H23ClO. The van der Waals surface area contributed by atoms with E-state index in [2.05, 4.69) is 6.92 Å². The highest BCUT2D eigenvalue weighted by atomic mass is 35.5. The van der Waals surface area contributed by atoms with Crippen LogP contribution in [0, 0.1) is 0 Å². The van der Waals surface area contributed by atoms with Crippen molar-refractivity contribution in [3.05, 3.63) is 0 Å². The van der Waals surface area contributed by atoms with Crippen LogP contribution in [0.25, 0.3) is 0 Å². The molecule has 0 fully saturated rings. The number of hydrogen-bond donors (Lipinski definition) is 0. The molecule has 0 aliphatic heterocycles. The smallest absolute Gasteiger partial charge is 0.0466 e. The zero-order chi connectivity index (χ0) is 9.78. The molecule has 2 heteroatoms. The van der Waals surface area contributed by atoms with E-state index in [0.29, 0.717) is 0 Å². The highest BCUT2D eigenvalue weighted by molar-refractivity contribution is 6.17. The lowest BCUT2D eigenvalue weighted by atomic mass is 10.2. The Labute approximate surface area is 87.8 Å². The molecule has 0 aromatic heterocycles. The summed E-state index contributed by atoms with van der Waals surface area (Å²) in [6.07, 6.45) is 8.66. The highest BCUT2D eigenvalue weighted by Crippen LogP contribution is 2.02. The van der Waals surface area contributed by atoms with Gasteiger partial charge >= 0.3 is 0 Å². The Kier molecular flexibility index (Phi) is 12.5. The van der Waals surface area contributed by atoms with Gasteiger partial charge in [-0.2, -0.15) is 0 Å². The van der Waals surface area contributed by atoms with Gasteiger partial charge in [0.1, 0.15) is 0 Å². The molecule has 0 spiro atoms. The molecule has 0 aliphatic carbocycles. The summed E-state index contributed by atoms with van der Waals surface area (Å²) in [6.45, 7) is 4.10. The minimum Gasteiger partial charge on any atom is -0.381 e. The Bertz CT molecular complexity index is 76.2. The van der Waals surface area contributed by atoms with Crippen molar-refractivity contribution in [3.63, 3.8) is 0 Å². The quantitative estimate of drug-likeness (QED) is 0.388. The standard InChI is InChI=1S/C11H23ClO/c1-2-3-7-10-13-11-8-5-4-6-9-12/h2-11H2,1H3. The number of halogens is 1. The first-order valence-electron chi connectivity index (χ1n) is 5.55. The molecule has 0 aromatic rings. The molecule has 0 atom stereocenters. The van der Waals surface area contributed by atoms with Crippen LogP contribution in [0.4, 0.5) is 0 Å². The normalized spacial score (nSPS) is 10.6. The van der Waals surface area contributed by atoms with Crippen LogP contribution in [0.5, 0.6) is 0 Å². The molecule has 0 saturated heterocycles. The van der Waals surface area contributed by atoms with Gasteiger partial charge in [0.15, 0.2) is 0 Å². The first-order chi connectivity index (χ1) is 6.41. The Morgan fingerprint density at radius 3 is 2.08 bits per heavy atom. The molecule has 0 N–H and O–H groups in total. The predicted octanol–water partition coefficient (Wildman–Crippen LogP) is 3.99.